The van der Waals surface area contributed by atoms with Crippen LogP contribution in [0.2, 0.25) is 0 Å². The van der Waals surface area contributed by atoms with E-state index in [-0.39, 0.29) is 5.97 Å². The zero-order valence-electron chi connectivity index (χ0n) is 12.0. The van der Waals surface area contributed by atoms with Gasteiger partial charge >= 0.3 is 5.97 Å². The predicted molar refractivity (Wildman–Crippen MR) is 78.5 cm³/mol. The number of hydrogen-bond donors (Lipinski definition) is 0. The van der Waals surface area contributed by atoms with Crippen LogP contribution >= 0.6 is 0 Å². The number of rotatable bonds is 4. The molecule has 2 aromatic rings. The Balaban J connectivity index is 2.17. The van der Waals surface area contributed by atoms with Gasteiger partial charge < -0.3 is 9.47 Å². The van der Waals surface area contributed by atoms with Crippen molar-refractivity contribution in [1.29, 1.82) is 0 Å². The fourth-order valence-electron chi connectivity index (χ4n) is 1.95. The average molecular weight is 270 g/mol. The summed E-state index contributed by atoms with van der Waals surface area (Å²) >= 11 is 0. The van der Waals surface area contributed by atoms with Crippen LogP contribution in [0, 0.1) is 13.8 Å². The van der Waals surface area contributed by atoms with Crippen LogP contribution in [0.5, 0.6) is 11.5 Å². The molecule has 0 aliphatic carbocycles. The van der Waals surface area contributed by atoms with Gasteiger partial charge in [-0.05, 0) is 50.6 Å². The first-order valence-corrected chi connectivity index (χ1v) is 6.62. The molecular weight excluding hydrogens is 252 g/mol. The number of carbonyl (C=O) groups is 1. The van der Waals surface area contributed by atoms with Gasteiger partial charge in [-0.15, -0.1) is 0 Å². The van der Waals surface area contributed by atoms with Crippen LogP contribution in [0.3, 0.4) is 0 Å². The van der Waals surface area contributed by atoms with E-state index in [1.165, 1.54) is 0 Å². The minimum Gasteiger partial charge on any atom is -0.494 e. The van der Waals surface area contributed by atoms with Gasteiger partial charge in [0.15, 0.2) is 0 Å². The van der Waals surface area contributed by atoms with Gasteiger partial charge in [0.2, 0.25) is 0 Å². The maximum atomic E-state index is 12.1. The molecule has 0 saturated carbocycles. The van der Waals surface area contributed by atoms with Crippen molar-refractivity contribution in [2.75, 3.05) is 6.61 Å². The van der Waals surface area contributed by atoms with Gasteiger partial charge in [-0.1, -0.05) is 23.8 Å². The Morgan fingerprint density at radius 2 is 1.90 bits per heavy atom. The van der Waals surface area contributed by atoms with E-state index in [0.29, 0.717) is 23.7 Å². The Morgan fingerprint density at radius 3 is 2.60 bits per heavy atom. The molecule has 0 heterocycles. The number of aryl methyl sites for hydroxylation is 2. The Labute approximate surface area is 119 Å². The standard InChI is InChI=1S/C17H18O3/c1-4-19-15-7-5-6-14(11-15)17(18)20-16-9-8-12(2)10-13(16)3/h5-11H,4H2,1-3H3. The molecule has 2 aromatic carbocycles. The van der Waals surface area contributed by atoms with Crippen molar-refractivity contribution in [3.8, 4) is 11.5 Å². The molecule has 0 fully saturated rings. The molecule has 0 N–H and O–H groups in total. The van der Waals surface area contributed by atoms with Crippen molar-refractivity contribution in [1.82, 2.24) is 0 Å². The monoisotopic (exact) mass is 270 g/mol. The van der Waals surface area contributed by atoms with Crippen molar-refractivity contribution >= 4 is 5.97 Å². The summed E-state index contributed by atoms with van der Waals surface area (Å²) in [4.78, 5) is 12.1. The summed E-state index contributed by atoms with van der Waals surface area (Å²) in [5.74, 6) is 0.878. The van der Waals surface area contributed by atoms with Crippen molar-refractivity contribution in [3.63, 3.8) is 0 Å². The van der Waals surface area contributed by atoms with E-state index in [9.17, 15) is 4.79 Å². The van der Waals surface area contributed by atoms with E-state index in [0.717, 1.165) is 11.1 Å². The van der Waals surface area contributed by atoms with Crippen molar-refractivity contribution in [2.45, 2.75) is 20.8 Å². The second-order valence-corrected chi connectivity index (χ2v) is 4.62. The van der Waals surface area contributed by atoms with Gasteiger partial charge in [-0.3, -0.25) is 0 Å². The van der Waals surface area contributed by atoms with Crippen LogP contribution in [0.4, 0.5) is 0 Å². The van der Waals surface area contributed by atoms with Gasteiger partial charge in [0.1, 0.15) is 11.5 Å². The van der Waals surface area contributed by atoms with Crippen molar-refractivity contribution in [3.05, 3.63) is 59.2 Å². The van der Waals surface area contributed by atoms with Crippen LogP contribution in [-0.4, -0.2) is 12.6 Å². The third-order valence-electron chi connectivity index (χ3n) is 2.91. The predicted octanol–water partition coefficient (Wildman–Crippen LogP) is 3.92. The van der Waals surface area contributed by atoms with Gasteiger partial charge in [0.25, 0.3) is 0 Å². The van der Waals surface area contributed by atoms with E-state index in [1.54, 1.807) is 18.2 Å². The highest BCUT2D eigenvalue weighted by atomic mass is 16.5. The molecule has 0 amide bonds. The highest BCUT2D eigenvalue weighted by Gasteiger charge is 2.11. The minimum absolute atomic E-state index is 0.376. The molecule has 20 heavy (non-hydrogen) atoms. The molecule has 0 bridgehead atoms. The Bertz CT molecular complexity index is 617. The maximum absolute atomic E-state index is 12.1. The van der Waals surface area contributed by atoms with Crippen LogP contribution in [0.15, 0.2) is 42.5 Å². The third kappa shape index (κ3) is 3.38. The molecular formula is C17H18O3. The molecule has 104 valence electrons. The summed E-state index contributed by atoms with van der Waals surface area (Å²) in [6.07, 6.45) is 0. The zero-order chi connectivity index (χ0) is 14.5. The molecule has 0 spiro atoms. The second-order valence-electron chi connectivity index (χ2n) is 4.62. The molecule has 0 aliphatic heterocycles. The van der Waals surface area contributed by atoms with E-state index in [4.69, 9.17) is 9.47 Å². The topological polar surface area (TPSA) is 35.5 Å². The fourth-order valence-corrected chi connectivity index (χ4v) is 1.95. The van der Waals surface area contributed by atoms with Crippen LogP contribution < -0.4 is 9.47 Å². The van der Waals surface area contributed by atoms with Crippen LogP contribution in [-0.2, 0) is 0 Å². The summed E-state index contributed by atoms with van der Waals surface area (Å²) in [6.45, 7) is 6.40. The molecule has 2 rings (SSSR count). The number of benzene rings is 2. The molecule has 0 aliphatic rings. The van der Waals surface area contributed by atoms with Crippen LogP contribution in [0.1, 0.15) is 28.4 Å². The maximum Gasteiger partial charge on any atom is 0.343 e. The summed E-state index contributed by atoms with van der Waals surface area (Å²) in [7, 11) is 0. The zero-order valence-corrected chi connectivity index (χ0v) is 12.0. The molecule has 3 nitrogen and oxygen atoms in total. The molecule has 0 aromatic heterocycles. The minimum atomic E-state index is -0.376. The number of esters is 1. The van der Waals surface area contributed by atoms with Crippen LogP contribution in [0.25, 0.3) is 0 Å². The first-order valence-electron chi connectivity index (χ1n) is 6.62. The van der Waals surface area contributed by atoms with Gasteiger partial charge in [-0.25, -0.2) is 4.79 Å². The molecule has 0 atom stereocenters. The van der Waals surface area contributed by atoms with E-state index < -0.39 is 0 Å². The average Bonchev–Trinajstić information content (AvgIpc) is 2.42. The van der Waals surface area contributed by atoms with E-state index in [2.05, 4.69) is 0 Å². The van der Waals surface area contributed by atoms with Gasteiger partial charge in [0.05, 0.1) is 12.2 Å². The Kier molecular flexibility index (Phi) is 4.41. The molecule has 0 unspecified atom stereocenters. The first-order chi connectivity index (χ1) is 9.60. The lowest BCUT2D eigenvalue weighted by molar-refractivity contribution is 0.0733. The summed E-state index contributed by atoms with van der Waals surface area (Å²) in [6, 6.07) is 12.7. The Hall–Kier alpha value is -2.29. The lowest BCUT2D eigenvalue weighted by Gasteiger charge is -2.09. The number of hydrogen-bond acceptors (Lipinski definition) is 3. The molecule has 3 heteroatoms. The SMILES string of the molecule is CCOc1cccc(C(=O)Oc2ccc(C)cc2C)c1. The summed E-state index contributed by atoms with van der Waals surface area (Å²) in [5, 5.41) is 0. The first kappa shape index (κ1) is 14.1. The molecule has 0 radical (unpaired) electrons. The molecule has 0 saturated heterocycles. The summed E-state index contributed by atoms with van der Waals surface area (Å²) in [5.41, 5.74) is 2.57. The third-order valence-corrected chi connectivity index (χ3v) is 2.91. The lowest BCUT2D eigenvalue weighted by Crippen LogP contribution is -2.09. The lowest BCUT2D eigenvalue weighted by atomic mass is 10.1. The largest absolute Gasteiger partial charge is 0.494 e. The second kappa shape index (κ2) is 6.24. The smallest absolute Gasteiger partial charge is 0.343 e. The van der Waals surface area contributed by atoms with Crippen molar-refractivity contribution in [2.24, 2.45) is 0 Å². The fraction of sp³-hybridized carbons (Fsp3) is 0.235. The van der Waals surface area contributed by atoms with Gasteiger partial charge in [0, 0.05) is 0 Å². The van der Waals surface area contributed by atoms with Crippen molar-refractivity contribution < 1.29 is 14.3 Å². The van der Waals surface area contributed by atoms with E-state index in [1.807, 2.05) is 45.0 Å². The summed E-state index contributed by atoms with van der Waals surface area (Å²) < 4.78 is 10.8. The Morgan fingerprint density at radius 1 is 1.10 bits per heavy atom. The number of carbonyl (C=O) groups excluding carboxylic acids is 1. The van der Waals surface area contributed by atoms with E-state index >= 15 is 0 Å². The normalized spacial score (nSPS) is 10.2. The highest BCUT2D eigenvalue weighted by Crippen LogP contribution is 2.21. The number of ether oxygens (including phenoxy) is 2. The van der Waals surface area contributed by atoms with Gasteiger partial charge in [-0.2, -0.15) is 0 Å². The quantitative estimate of drug-likeness (QED) is 0.624. The highest BCUT2D eigenvalue weighted by molar-refractivity contribution is 5.91.